The zero-order valence-corrected chi connectivity index (χ0v) is 21.9. The van der Waals surface area contributed by atoms with Gasteiger partial charge < -0.3 is 9.47 Å². The molecule has 36 heavy (non-hydrogen) atoms. The van der Waals surface area contributed by atoms with Gasteiger partial charge in [0.15, 0.2) is 16.6 Å². The molecule has 5 rings (SSSR count). The fourth-order valence-electron chi connectivity index (χ4n) is 4.00. The van der Waals surface area contributed by atoms with Crippen LogP contribution in [-0.2, 0) is 9.59 Å². The minimum atomic E-state index is -0.559. The number of aryl methyl sites for hydroxylation is 3. The van der Waals surface area contributed by atoms with E-state index in [1.54, 1.807) is 48.5 Å². The van der Waals surface area contributed by atoms with Crippen LogP contribution in [0.2, 0.25) is 10.0 Å². The first kappa shape index (κ1) is 24.3. The molecule has 2 amide bonds. The Hall–Kier alpha value is -3.39. The van der Waals surface area contributed by atoms with Gasteiger partial charge in [0.25, 0.3) is 11.8 Å². The fraction of sp³-hybridized carbons (Fsp3) is 0.148. The van der Waals surface area contributed by atoms with Crippen LogP contribution in [0.4, 0.5) is 11.4 Å². The van der Waals surface area contributed by atoms with Crippen LogP contribution >= 0.6 is 35.4 Å². The molecular weight excluding hydrogens is 519 g/mol. The fourth-order valence-corrected chi connectivity index (χ4v) is 4.72. The van der Waals surface area contributed by atoms with E-state index in [0.717, 1.165) is 16.7 Å². The lowest BCUT2D eigenvalue weighted by Crippen LogP contribution is -2.57. The Morgan fingerprint density at radius 2 is 1.28 bits per heavy atom. The third-order valence-corrected chi connectivity index (χ3v) is 7.32. The molecule has 2 aliphatic rings. The first-order valence-corrected chi connectivity index (χ1v) is 12.2. The van der Waals surface area contributed by atoms with Crippen LogP contribution in [0.15, 0.2) is 54.1 Å². The Morgan fingerprint density at radius 3 is 1.78 bits per heavy atom. The Labute approximate surface area is 223 Å². The van der Waals surface area contributed by atoms with E-state index in [-0.39, 0.29) is 17.5 Å². The van der Waals surface area contributed by atoms with E-state index in [0.29, 0.717) is 38.5 Å². The molecule has 0 radical (unpaired) electrons. The number of amides is 2. The molecule has 1 saturated heterocycles. The molecule has 3 aromatic rings. The second-order valence-corrected chi connectivity index (χ2v) is 9.73. The van der Waals surface area contributed by atoms with Crippen molar-refractivity contribution in [1.29, 1.82) is 0 Å². The maximum absolute atomic E-state index is 13.8. The average molecular weight is 539 g/mol. The predicted octanol–water partition coefficient (Wildman–Crippen LogP) is 6.40. The summed E-state index contributed by atoms with van der Waals surface area (Å²) < 4.78 is 10.9. The molecule has 3 aromatic carbocycles. The maximum Gasteiger partial charge on any atom is 0.270 e. The second kappa shape index (κ2) is 9.24. The lowest BCUT2D eigenvalue weighted by atomic mass is 10.0. The van der Waals surface area contributed by atoms with Crippen LogP contribution in [0.3, 0.4) is 0 Å². The van der Waals surface area contributed by atoms with Crippen LogP contribution in [0.25, 0.3) is 6.08 Å². The summed E-state index contributed by atoms with van der Waals surface area (Å²) in [4.78, 5) is 30.2. The third kappa shape index (κ3) is 4.13. The van der Waals surface area contributed by atoms with Crippen molar-refractivity contribution in [2.75, 3.05) is 16.6 Å². The minimum absolute atomic E-state index is 0.00407. The van der Waals surface area contributed by atoms with Crippen molar-refractivity contribution in [1.82, 2.24) is 0 Å². The summed E-state index contributed by atoms with van der Waals surface area (Å²) in [6.07, 6.45) is 1.55. The number of hydrogen-bond donors (Lipinski definition) is 0. The Balaban J connectivity index is 1.68. The number of nitrogens with zero attached hydrogens (tertiary/aromatic N) is 2. The summed E-state index contributed by atoms with van der Waals surface area (Å²) in [5, 5.41) is 0.952. The largest absolute Gasteiger partial charge is 0.454 e. The zero-order chi connectivity index (χ0) is 25.7. The van der Waals surface area contributed by atoms with Gasteiger partial charge in [0.05, 0.1) is 11.4 Å². The molecule has 1 fully saturated rings. The third-order valence-electron chi connectivity index (χ3n) is 6.14. The molecule has 2 heterocycles. The van der Waals surface area contributed by atoms with Crippen LogP contribution in [0, 0.1) is 20.8 Å². The number of hydrogen-bond acceptors (Lipinski definition) is 5. The molecule has 0 N–H and O–H groups in total. The van der Waals surface area contributed by atoms with Gasteiger partial charge >= 0.3 is 0 Å². The lowest BCUT2D eigenvalue weighted by Gasteiger charge is -2.36. The van der Waals surface area contributed by atoms with E-state index < -0.39 is 11.8 Å². The van der Waals surface area contributed by atoms with Gasteiger partial charge in [-0.3, -0.25) is 19.4 Å². The lowest BCUT2D eigenvalue weighted by molar-refractivity contribution is -0.120. The summed E-state index contributed by atoms with van der Waals surface area (Å²) in [5.74, 6) is 0.0416. The van der Waals surface area contributed by atoms with Crippen molar-refractivity contribution < 1.29 is 19.1 Å². The topological polar surface area (TPSA) is 59.1 Å². The van der Waals surface area contributed by atoms with Crippen molar-refractivity contribution in [3.63, 3.8) is 0 Å². The minimum Gasteiger partial charge on any atom is -0.454 e. The summed E-state index contributed by atoms with van der Waals surface area (Å²) in [6, 6.07) is 13.9. The van der Waals surface area contributed by atoms with Crippen molar-refractivity contribution in [3.05, 3.63) is 86.4 Å². The van der Waals surface area contributed by atoms with Crippen molar-refractivity contribution in [2.24, 2.45) is 0 Å². The van der Waals surface area contributed by atoms with E-state index >= 15 is 0 Å². The van der Waals surface area contributed by atoms with Crippen molar-refractivity contribution in [3.8, 4) is 11.5 Å². The number of carbonyl (C=O) groups excluding carboxylic acids is 2. The molecule has 182 valence electrons. The standard InChI is InChI=1S/C27H20Cl2N2O4S/c1-14-4-6-18(11-21(14)28)30-25(32)20(9-17-10-24-23(8-16(17)3)34-13-35-24)26(33)31(27(30)36)19-7-5-15(2)22(29)12-19/h4-12H,13H2,1-3H3. The summed E-state index contributed by atoms with van der Waals surface area (Å²) in [7, 11) is 0. The van der Waals surface area contributed by atoms with Gasteiger partial charge in [-0.15, -0.1) is 0 Å². The Bertz CT molecular complexity index is 1430. The summed E-state index contributed by atoms with van der Waals surface area (Å²) in [6.45, 7) is 5.71. The van der Waals surface area contributed by atoms with Crippen LogP contribution < -0.4 is 19.3 Å². The highest BCUT2D eigenvalue weighted by molar-refractivity contribution is 7.81. The van der Waals surface area contributed by atoms with Gasteiger partial charge in [0.2, 0.25) is 6.79 Å². The highest BCUT2D eigenvalue weighted by atomic mass is 35.5. The first-order valence-electron chi connectivity index (χ1n) is 11.0. The Morgan fingerprint density at radius 1 is 0.778 bits per heavy atom. The molecule has 2 aliphatic heterocycles. The number of anilines is 2. The van der Waals surface area contributed by atoms with Crippen LogP contribution in [0.5, 0.6) is 11.5 Å². The van der Waals surface area contributed by atoms with E-state index in [1.807, 2.05) is 26.8 Å². The predicted molar refractivity (Wildman–Crippen MR) is 145 cm³/mol. The number of rotatable bonds is 3. The molecule has 0 spiro atoms. The van der Waals surface area contributed by atoms with Gasteiger partial charge in [-0.2, -0.15) is 0 Å². The normalized spacial score (nSPS) is 15.1. The molecule has 0 aromatic heterocycles. The highest BCUT2D eigenvalue weighted by Crippen LogP contribution is 2.37. The number of ether oxygens (including phenoxy) is 2. The molecule has 0 aliphatic carbocycles. The first-order chi connectivity index (χ1) is 17.2. The molecule has 0 bridgehead atoms. The number of carbonyl (C=O) groups is 2. The van der Waals surface area contributed by atoms with E-state index in [9.17, 15) is 9.59 Å². The van der Waals surface area contributed by atoms with Gasteiger partial charge in [0.1, 0.15) is 5.57 Å². The van der Waals surface area contributed by atoms with E-state index in [1.165, 1.54) is 9.80 Å². The summed E-state index contributed by atoms with van der Waals surface area (Å²) in [5.41, 5.74) is 3.98. The molecule has 0 saturated carbocycles. The van der Waals surface area contributed by atoms with E-state index in [2.05, 4.69) is 0 Å². The number of benzene rings is 3. The van der Waals surface area contributed by atoms with Gasteiger partial charge in [-0.1, -0.05) is 35.3 Å². The highest BCUT2D eigenvalue weighted by Gasteiger charge is 2.41. The number of fused-ring (bicyclic) bond motifs is 1. The van der Waals surface area contributed by atoms with E-state index in [4.69, 9.17) is 44.9 Å². The van der Waals surface area contributed by atoms with Crippen LogP contribution in [0.1, 0.15) is 22.3 Å². The maximum atomic E-state index is 13.8. The molecule has 6 nitrogen and oxygen atoms in total. The monoisotopic (exact) mass is 538 g/mol. The molecule has 9 heteroatoms. The van der Waals surface area contributed by atoms with Crippen molar-refractivity contribution in [2.45, 2.75) is 20.8 Å². The zero-order valence-electron chi connectivity index (χ0n) is 19.6. The van der Waals surface area contributed by atoms with Gasteiger partial charge in [0, 0.05) is 10.0 Å². The number of thiocarbonyl (C=S) groups is 1. The SMILES string of the molecule is Cc1ccc(N2C(=O)C(=Cc3cc4c(cc3C)OCO4)C(=O)N(c3ccc(C)c(Cl)c3)C2=S)cc1Cl. The van der Waals surface area contributed by atoms with Crippen molar-refractivity contribution >= 4 is 69.8 Å². The van der Waals surface area contributed by atoms with Gasteiger partial charge in [-0.05, 0) is 97.7 Å². The average Bonchev–Trinajstić information content (AvgIpc) is 3.28. The van der Waals surface area contributed by atoms with Gasteiger partial charge in [-0.25, -0.2) is 0 Å². The second-order valence-electron chi connectivity index (χ2n) is 8.55. The summed E-state index contributed by atoms with van der Waals surface area (Å²) >= 11 is 18.4. The molecule has 0 unspecified atom stereocenters. The molecular formula is C27H20Cl2N2O4S. The van der Waals surface area contributed by atoms with Crippen LogP contribution in [-0.4, -0.2) is 23.7 Å². The quantitative estimate of drug-likeness (QED) is 0.219. The Kier molecular flexibility index (Phi) is 6.24. The number of halogens is 2. The molecule has 0 atom stereocenters. The smallest absolute Gasteiger partial charge is 0.270 e.